The van der Waals surface area contributed by atoms with E-state index < -0.39 is 0 Å². The fourth-order valence-electron chi connectivity index (χ4n) is 2.70. The SMILES string of the molecule is C=C(CCC=N)C1=CCCC=C1N=CC(=O)NC1CCOCC1. The van der Waals surface area contributed by atoms with E-state index >= 15 is 0 Å². The minimum Gasteiger partial charge on any atom is -0.381 e. The number of nitrogens with zero attached hydrogens (tertiary/aromatic N) is 1. The highest BCUT2D eigenvalue weighted by Gasteiger charge is 2.15. The van der Waals surface area contributed by atoms with Crippen molar-refractivity contribution in [3.05, 3.63) is 35.6 Å². The highest BCUT2D eigenvalue weighted by Crippen LogP contribution is 2.27. The van der Waals surface area contributed by atoms with Crippen LogP contribution in [0.3, 0.4) is 0 Å². The predicted molar refractivity (Wildman–Crippen MR) is 93.0 cm³/mol. The summed E-state index contributed by atoms with van der Waals surface area (Å²) in [6, 6.07) is 0.181. The van der Waals surface area contributed by atoms with Crippen molar-refractivity contribution >= 4 is 18.3 Å². The third-order valence-electron chi connectivity index (χ3n) is 3.99. The lowest BCUT2D eigenvalue weighted by molar-refractivity contribution is -0.115. The first-order valence-electron chi connectivity index (χ1n) is 8.21. The molecule has 2 rings (SSSR count). The van der Waals surface area contributed by atoms with E-state index in [2.05, 4.69) is 23.0 Å². The van der Waals surface area contributed by atoms with Crippen molar-refractivity contribution in [1.29, 1.82) is 5.41 Å². The average Bonchev–Trinajstić information content (AvgIpc) is 2.59. The minimum atomic E-state index is -0.159. The first kappa shape index (κ1) is 17.3. The summed E-state index contributed by atoms with van der Waals surface area (Å²) in [6.45, 7) is 5.49. The van der Waals surface area contributed by atoms with Gasteiger partial charge < -0.3 is 15.5 Å². The van der Waals surface area contributed by atoms with Crippen LogP contribution in [-0.2, 0) is 9.53 Å². The molecule has 0 saturated carbocycles. The van der Waals surface area contributed by atoms with Crippen LogP contribution in [0.5, 0.6) is 0 Å². The fraction of sp³-hybridized carbons (Fsp3) is 0.500. The summed E-state index contributed by atoms with van der Waals surface area (Å²) in [5.41, 5.74) is 2.79. The second kappa shape index (κ2) is 9.20. The summed E-state index contributed by atoms with van der Waals surface area (Å²) < 4.78 is 5.28. The van der Waals surface area contributed by atoms with Gasteiger partial charge >= 0.3 is 0 Å². The summed E-state index contributed by atoms with van der Waals surface area (Å²) in [5.74, 6) is -0.159. The Morgan fingerprint density at radius 1 is 1.39 bits per heavy atom. The first-order valence-corrected chi connectivity index (χ1v) is 8.21. The van der Waals surface area contributed by atoms with Gasteiger partial charge in [0.05, 0.1) is 11.9 Å². The molecule has 0 spiro atoms. The first-order chi connectivity index (χ1) is 11.2. The van der Waals surface area contributed by atoms with Crippen LogP contribution in [-0.4, -0.2) is 37.6 Å². The second-order valence-corrected chi connectivity index (χ2v) is 5.78. The van der Waals surface area contributed by atoms with E-state index in [9.17, 15) is 4.79 Å². The Kier molecular flexibility index (Phi) is 6.94. The summed E-state index contributed by atoms with van der Waals surface area (Å²) in [4.78, 5) is 16.4. The Labute approximate surface area is 137 Å². The predicted octanol–water partition coefficient (Wildman–Crippen LogP) is 2.94. The molecule has 2 N–H and O–H groups in total. The molecule has 0 bridgehead atoms. The smallest absolute Gasteiger partial charge is 0.262 e. The number of amides is 1. The molecule has 0 atom stereocenters. The molecule has 0 aromatic heterocycles. The summed E-state index contributed by atoms with van der Waals surface area (Å²) >= 11 is 0. The van der Waals surface area contributed by atoms with Crippen molar-refractivity contribution in [2.24, 2.45) is 4.99 Å². The Balaban J connectivity index is 1.92. The highest BCUT2D eigenvalue weighted by atomic mass is 16.5. The molecule has 2 aliphatic rings. The summed E-state index contributed by atoms with van der Waals surface area (Å²) in [6.07, 6.45) is 11.9. The quantitative estimate of drug-likeness (QED) is 0.709. The molecule has 1 amide bonds. The number of nitrogens with one attached hydrogen (secondary N) is 2. The van der Waals surface area contributed by atoms with Gasteiger partial charge in [0.1, 0.15) is 0 Å². The van der Waals surface area contributed by atoms with Gasteiger partial charge in [-0.05, 0) is 55.9 Å². The van der Waals surface area contributed by atoms with Gasteiger partial charge in [0, 0.05) is 19.3 Å². The van der Waals surface area contributed by atoms with Crippen LogP contribution in [0.25, 0.3) is 0 Å². The lowest BCUT2D eigenvalue weighted by atomic mass is 9.95. The van der Waals surface area contributed by atoms with E-state index in [1.165, 1.54) is 12.4 Å². The van der Waals surface area contributed by atoms with Crippen LogP contribution in [0.4, 0.5) is 0 Å². The molecule has 1 fully saturated rings. The van der Waals surface area contributed by atoms with Gasteiger partial charge in [0.15, 0.2) is 0 Å². The number of hydrogen-bond acceptors (Lipinski definition) is 4. The molecular weight excluding hydrogens is 290 g/mol. The molecular formula is C18H25N3O2. The Bertz CT molecular complexity index is 540. The van der Waals surface area contributed by atoms with Crippen molar-refractivity contribution in [3.63, 3.8) is 0 Å². The summed E-state index contributed by atoms with van der Waals surface area (Å²) in [5, 5.41) is 10.1. The third kappa shape index (κ3) is 5.60. The zero-order valence-electron chi connectivity index (χ0n) is 13.5. The second-order valence-electron chi connectivity index (χ2n) is 5.78. The van der Waals surface area contributed by atoms with Crippen LogP contribution in [0.15, 0.2) is 40.6 Å². The van der Waals surface area contributed by atoms with Crippen molar-refractivity contribution in [2.75, 3.05) is 13.2 Å². The van der Waals surface area contributed by atoms with Crippen molar-refractivity contribution < 1.29 is 9.53 Å². The Hall–Kier alpha value is -2.01. The molecule has 0 aromatic rings. The third-order valence-corrected chi connectivity index (χ3v) is 3.99. The van der Waals surface area contributed by atoms with E-state index in [1.807, 2.05) is 6.08 Å². The Morgan fingerprint density at radius 2 is 2.13 bits per heavy atom. The van der Waals surface area contributed by atoms with Crippen LogP contribution >= 0.6 is 0 Å². The maximum Gasteiger partial charge on any atom is 0.262 e. The van der Waals surface area contributed by atoms with Gasteiger partial charge in [-0.15, -0.1) is 0 Å². The zero-order chi connectivity index (χ0) is 16.5. The van der Waals surface area contributed by atoms with Crippen molar-refractivity contribution in [3.8, 4) is 0 Å². The number of carbonyl (C=O) groups excluding carboxylic acids is 1. The molecule has 1 aliphatic heterocycles. The lowest BCUT2D eigenvalue weighted by Gasteiger charge is -2.22. The number of carbonyl (C=O) groups is 1. The molecule has 0 aromatic carbocycles. The minimum absolute atomic E-state index is 0.159. The van der Waals surface area contributed by atoms with E-state index in [-0.39, 0.29) is 11.9 Å². The van der Waals surface area contributed by atoms with Crippen LogP contribution in [0, 0.1) is 5.41 Å². The lowest BCUT2D eigenvalue weighted by Crippen LogP contribution is -2.39. The standard InChI is InChI=1S/C18H25N3O2/c1-14(5-4-10-19)16-6-2-3-7-17(16)20-13-18(22)21-15-8-11-23-12-9-15/h6-7,10,13,15,19H,1-5,8-9,11-12H2,(H,21,22). The monoisotopic (exact) mass is 315 g/mol. The topological polar surface area (TPSA) is 74.5 Å². The maximum absolute atomic E-state index is 12.0. The van der Waals surface area contributed by atoms with E-state index in [1.54, 1.807) is 0 Å². The van der Waals surface area contributed by atoms with Crippen LogP contribution in [0.1, 0.15) is 38.5 Å². The van der Waals surface area contributed by atoms with Gasteiger partial charge in [-0.3, -0.25) is 9.79 Å². The number of allylic oxidation sites excluding steroid dienone is 3. The van der Waals surface area contributed by atoms with Crippen LogP contribution in [0.2, 0.25) is 0 Å². The maximum atomic E-state index is 12.0. The molecule has 124 valence electrons. The molecule has 1 heterocycles. The van der Waals surface area contributed by atoms with Crippen LogP contribution < -0.4 is 5.32 Å². The Morgan fingerprint density at radius 3 is 2.87 bits per heavy atom. The molecule has 5 nitrogen and oxygen atoms in total. The molecule has 23 heavy (non-hydrogen) atoms. The van der Waals surface area contributed by atoms with Crippen molar-refractivity contribution in [2.45, 2.75) is 44.6 Å². The molecule has 5 heteroatoms. The number of hydrogen-bond donors (Lipinski definition) is 2. The van der Waals surface area contributed by atoms with Gasteiger partial charge in [-0.2, -0.15) is 0 Å². The van der Waals surface area contributed by atoms with Gasteiger partial charge in [-0.1, -0.05) is 18.7 Å². The van der Waals surface area contributed by atoms with E-state index in [0.717, 1.165) is 48.9 Å². The van der Waals surface area contributed by atoms with Gasteiger partial charge in [-0.25, -0.2) is 0 Å². The normalized spacial score (nSPS) is 19.1. The number of aliphatic imine (C=N–C) groups is 1. The molecule has 1 saturated heterocycles. The van der Waals surface area contributed by atoms with E-state index in [0.29, 0.717) is 19.6 Å². The highest BCUT2D eigenvalue weighted by molar-refractivity contribution is 6.26. The van der Waals surface area contributed by atoms with Gasteiger partial charge in [0.25, 0.3) is 5.91 Å². The van der Waals surface area contributed by atoms with E-state index in [4.69, 9.17) is 10.1 Å². The largest absolute Gasteiger partial charge is 0.381 e. The van der Waals surface area contributed by atoms with Crippen molar-refractivity contribution in [1.82, 2.24) is 5.32 Å². The molecule has 1 aliphatic carbocycles. The molecule has 0 radical (unpaired) electrons. The molecule has 0 unspecified atom stereocenters. The van der Waals surface area contributed by atoms with Gasteiger partial charge in [0.2, 0.25) is 0 Å². The zero-order valence-corrected chi connectivity index (χ0v) is 13.5. The summed E-state index contributed by atoms with van der Waals surface area (Å²) in [7, 11) is 0. The number of rotatable bonds is 7. The number of ether oxygens (including phenoxy) is 1. The average molecular weight is 315 g/mol. The fourth-order valence-corrected chi connectivity index (χ4v) is 2.70.